The van der Waals surface area contributed by atoms with Crippen molar-refractivity contribution in [1.82, 2.24) is 0 Å². The Balaban J connectivity index is 2.82. The minimum Gasteiger partial charge on any atom is -0.364 e. The standard InChI is InChI=1S/C3H7ClO3S/c4-1-2-7-3-8(5)6/h1-3H2,(H,5,6). The molecule has 0 amide bonds. The largest absolute Gasteiger partial charge is 0.364 e. The van der Waals surface area contributed by atoms with Crippen molar-refractivity contribution in [3.8, 4) is 0 Å². The molecule has 0 aliphatic carbocycles. The maximum atomic E-state index is 9.82. The summed E-state index contributed by atoms with van der Waals surface area (Å²) in [5.41, 5.74) is 0. The first-order chi connectivity index (χ1) is 3.77. The summed E-state index contributed by atoms with van der Waals surface area (Å²) in [6.45, 7) is 0.327. The van der Waals surface area contributed by atoms with Crippen LogP contribution in [0.15, 0.2) is 0 Å². The fourth-order valence-corrected chi connectivity index (χ4v) is 0.554. The zero-order valence-electron chi connectivity index (χ0n) is 4.17. The van der Waals surface area contributed by atoms with Crippen LogP contribution in [0.1, 0.15) is 0 Å². The van der Waals surface area contributed by atoms with E-state index < -0.39 is 11.1 Å². The molecule has 1 unspecified atom stereocenters. The van der Waals surface area contributed by atoms with Crippen LogP contribution in [0.2, 0.25) is 0 Å². The Morgan fingerprint density at radius 1 is 1.75 bits per heavy atom. The predicted molar refractivity (Wildman–Crippen MR) is 32.3 cm³/mol. The highest BCUT2D eigenvalue weighted by Gasteiger charge is 1.89. The highest BCUT2D eigenvalue weighted by atomic mass is 35.5. The van der Waals surface area contributed by atoms with Gasteiger partial charge in [0, 0.05) is 5.88 Å². The fraction of sp³-hybridized carbons (Fsp3) is 1.00. The summed E-state index contributed by atoms with van der Waals surface area (Å²) in [7, 11) is 0. The first kappa shape index (κ1) is 8.36. The summed E-state index contributed by atoms with van der Waals surface area (Å²) in [5, 5.41) is 0. The van der Waals surface area contributed by atoms with E-state index in [1.807, 2.05) is 0 Å². The van der Waals surface area contributed by atoms with Crippen molar-refractivity contribution in [1.29, 1.82) is 0 Å². The third-order valence-electron chi connectivity index (χ3n) is 0.406. The average Bonchev–Trinajstić information content (AvgIpc) is 1.66. The molecule has 5 heteroatoms. The number of hydrogen-bond donors (Lipinski definition) is 1. The monoisotopic (exact) mass is 158 g/mol. The van der Waals surface area contributed by atoms with E-state index in [1.165, 1.54) is 0 Å². The Kier molecular flexibility index (Phi) is 5.74. The van der Waals surface area contributed by atoms with Gasteiger partial charge < -0.3 is 9.29 Å². The van der Waals surface area contributed by atoms with Crippen LogP contribution in [0.4, 0.5) is 0 Å². The lowest BCUT2D eigenvalue weighted by molar-refractivity contribution is 0.193. The molecule has 0 aromatic heterocycles. The zero-order chi connectivity index (χ0) is 6.41. The van der Waals surface area contributed by atoms with Crippen molar-refractivity contribution in [2.24, 2.45) is 0 Å². The Labute approximate surface area is 55.3 Å². The Bertz CT molecular complexity index is 76.9. The number of halogens is 1. The highest BCUT2D eigenvalue weighted by Crippen LogP contribution is 1.80. The third-order valence-corrected chi connectivity index (χ3v) is 0.928. The molecule has 3 nitrogen and oxygen atoms in total. The van der Waals surface area contributed by atoms with E-state index in [4.69, 9.17) is 16.2 Å². The molecule has 0 rings (SSSR count). The Hall–Kier alpha value is 0.360. The van der Waals surface area contributed by atoms with E-state index in [2.05, 4.69) is 4.74 Å². The molecule has 0 aliphatic heterocycles. The van der Waals surface area contributed by atoms with Crippen LogP contribution >= 0.6 is 11.6 Å². The van der Waals surface area contributed by atoms with E-state index in [-0.39, 0.29) is 5.94 Å². The molecule has 50 valence electrons. The lowest BCUT2D eigenvalue weighted by Crippen LogP contribution is -2.02. The van der Waals surface area contributed by atoms with E-state index in [9.17, 15) is 4.21 Å². The van der Waals surface area contributed by atoms with E-state index in [1.54, 1.807) is 0 Å². The smallest absolute Gasteiger partial charge is 0.179 e. The fourth-order valence-electron chi connectivity index (χ4n) is 0.185. The minimum absolute atomic E-state index is 0.146. The van der Waals surface area contributed by atoms with Gasteiger partial charge in [-0.2, -0.15) is 0 Å². The molecule has 0 aromatic rings. The molecule has 0 spiro atoms. The lowest BCUT2D eigenvalue weighted by Gasteiger charge is -1.93. The van der Waals surface area contributed by atoms with Crippen molar-refractivity contribution >= 4 is 22.7 Å². The molecular formula is C3H7ClO3S. The Morgan fingerprint density at radius 3 is 2.75 bits per heavy atom. The first-order valence-electron chi connectivity index (χ1n) is 1.98. The normalized spacial score (nSPS) is 13.8. The van der Waals surface area contributed by atoms with Crippen LogP contribution in [0.25, 0.3) is 0 Å². The van der Waals surface area contributed by atoms with Gasteiger partial charge in [-0.15, -0.1) is 11.6 Å². The maximum absolute atomic E-state index is 9.82. The number of alkyl halides is 1. The van der Waals surface area contributed by atoms with Crippen molar-refractivity contribution in [3.05, 3.63) is 0 Å². The van der Waals surface area contributed by atoms with Crippen LogP contribution in [0, 0.1) is 0 Å². The van der Waals surface area contributed by atoms with Gasteiger partial charge in [-0.1, -0.05) is 0 Å². The molecule has 0 bridgehead atoms. The molecule has 0 heterocycles. The second-order valence-corrected chi connectivity index (χ2v) is 2.29. The summed E-state index contributed by atoms with van der Waals surface area (Å²) in [4.78, 5) is 0. The zero-order valence-corrected chi connectivity index (χ0v) is 5.74. The topological polar surface area (TPSA) is 46.5 Å². The lowest BCUT2D eigenvalue weighted by atomic mass is 10.9. The number of ether oxygens (including phenoxy) is 1. The van der Waals surface area contributed by atoms with Gasteiger partial charge in [0.15, 0.2) is 11.1 Å². The van der Waals surface area contributed by atoms with Crippen LogP contribution in [0.3, 0.4) is 0 Å². The average molecular weight is 159 g/mol. The van der Waals surface area contributed by atoms with Gasteiger partial charge >= 0.3 is 0 Å². The molecule has 0 radical (unpaired) electrons. The van der Waals surface area contributed by atoms with E-state index in [0.29, 0.717) is 12.5 Å². The molecule has 1 atom stereocenters. The van der Waals surface area contributed by atoms with Crippen molar-refractivity contribution < 1.29 is 13.5 Å². The highest BCUT2D eigenvalue weighted by molar-refractivity contribution is 7.79. The summed E-state index contributed by atoms with van der Waals surface area (Å²) < 4.78 is 22.5. The maximum Gasteiger partial charge on any atom is 0.179 e. The molecule has 8 heavy (non-hydrogen) atoms. The first-order valence-corrected chi connectivity index (χ1v) is 3.79. The molecular weight excluding hydrogens is 152 g/mol. The number of rotatable bonds is 4. The van der Waals surface area contributed by atoms with Crippen LogP contribution < -0.4 is 0 Å². The molecule has 0 aromatic carbocycles. The molecule has 0 aliphatic rings. The summed E-state index contributed by atoms with van der Waals surface area (Å²) >= 11 is 3.33. The van der Waals surface area contributed by atoms with Gasteiger partial charge in [-0.25, -0.2) is 4.21 Å². The Morgan fingerprint density at radius 2 is 2.38 bits per heavy atom. The quantitative estimate of drug-likeness (QED) is 0.367. The van der Waals surface area contributed by atoms with Crippen molar-refractivity contribution in [2.75, 3.05) is 18.4 Å². The minimum atomic E-state index is -1.85. The van der Waals surface area contributed by atoms with Crippen molar-refractivity contribution in [2.45, 2.75) is 0 Å². The van der Waals surface area contributed by atoms with Crippen LogP contribution in [-0.4, -0.2) is 27.2 Å². The van der Waals surface area contributed by atoms with E-state index >= 15 is 0 Å². The third kappa shape index (κ3) is 6.36. The summed E-state index contributed by atoms with van der Waals surface area (Å²) in [6.07, 6.45) is 0. The van der Waals surface area contributed by atoms with Gasteiger partial charge in [-0.3, -0.25) is 0 Å². The van der Waals surface area contributed by atoms with Crippen LogP contribution in [0.5, 0.6) is 0 Å². The van der Waals surface area contributed by atoms with Gasteiger partial charge in [-0.05, 0) is 0 Å². The molecule has 0 saturated heterocycles. The summed E-state index contributed by atoms with van der Waals surface area (Å²) in [6, 6.07) is 0. The van der Waals surface area contributed by atoms with Gasteiger partial charge in [0.05, 0.1) is 6.61 Å². The van der Waals surface area contributed by atoms with Crippen molar-refractivity contribution in [3.63, 3.8) is 0 Å². The van der Waals surface area contributed by atoms with Crippen LogP contribution in [-0.2, 0) is 15.8 Å². The van der Waals surface area contributed by atoms with E-state index in [0.717, 1.165) is 0 Å². The predicted octanol–water partition coefficient (Wildman–Crippen LogP) is 0.421. The molecule has 0 saturated carbocycles. The van der Waals surface area contributed by atoms with Gasteiger partial charge in [0.1, 0.15) is 5.94 Å². The SMILES string of the molecule is O=S(O)COCCCl. The second kappa shape index (κ2) is 5.50. The molecule has 0 fully saturated rings. The number of hydrogen-bond acceptors (Lipinski definition) is 2. The van der Waals surface area contributed by atoms with Gasteiger partial charge in [0.2, 0.25) is 0 Å². The van der Waals surface area contributed by atoms with Gasteiger partial charge in [0.25, 0.3) is 0 Å². The molecule has 1 N–H and O–H groups in total. The second-order valence-electron chi connectivity index (χ2n) is 1.04. The summed E-state index contributed by atoms with van der Waals surface area (Å²) in [5.74, 6) is 0.212.